The van der Waals surface area contributed by atoms with Crippen molar-refractivity contribution in [1.82, 2.24) is 4.90 Å². The van der Waals surface area contributed by atoms with Gasteiger partial charge in [-0.2, -0.15) is 0 Å². The summed E-state index contributed by atoms with van der Waals surface area (Å²) in [5, 5.41) is 0. The highest BCUT2D eigenvalue weighted by Gasteiger charge is 2.45. The normalized spacial score (nSPS) is 35.6. The van der Waals surface area contributed by atoms with E-state index in [4.69, 9.17) is 0 Å². The minimum absolute atomic E-state index is 0.0576. The lowest BCUT2D eigenvalue weighted by molar-refractivity contribution is -0.141. The van der Waals surface area contributed by atoms with E-state index in [0.29, 0.717) is 0 Å². The quantitative estimate of drug-likeness (QED) is 0.495. The molecule has 2 aliphatic heterocycles. The number of piperidine rings is 1. The molecule has 2 heterocycles. The SMILES string of the molecule is CC1C(=O)C(=O)N2CCCCC12. The van der Waals surface area contributed by atoms with Crippen LogP contribution in [-0.4, -0.2) is 29.2 Å². The van der Waals surface area contributed by atoms with Crippen molar-refractivity contribution in [2.45, 2.75) is 32.2 Å². The molecule has 2 rings (SSSR count). The Balaban J connectivity index is 2.25. The number of amides is 1. The van der Waals surface area contributed by atoms with E-state index in [0.717, 1.165) is 25.8 Å². The number of nitrogens with zero attached hydrogens (tertiary/aromatic N) is 1. The highest BCUT2D eigenvalue weighted by Crippen LogP contribution is 2.29. The number of carbonyl (C=O) groups excluding carboxylic acids is 2. The van der Waals surface area contributed by atoms with Crippen LogP contribution < -0.4 is 0 Å². The van der Waals surface area contributed by atoms with Gasteiger partial charge < -0.3 is 4.90 Å². The van der Waals surface area contributed by atoms with Crippen LogP contribution in [0.2, 0.25) is 0 Å². The largest absolute Gasteiger partial charge is 0.332 e. The summed E-state index contributed by atoms with van der Waals surface area (Å²) >= 11 is 0. The minimum Gasteiger partial charge on any atom is -0.332 e. The molecule has 1 amide bonds. The average Bonchev–Trinajstić information content (AvgIpc) is 2.33. The van der Waals surface area contributed by atoms with Crippen LogP contribution in [0, 0.1) is 5.92 Å². The second-order valence-corrected chi connectivity index (χ2v) is 3.71. The van der Waals surface area contributed by atoms with Gasteiger partial charge in [-0.1, -0.05) is 6.92 Å². The Kier molecular flexibility index (Phi) is 1.67. The Morgan fingerprint density at radius 2 is 2.08 bits per heavy atom. The molecular formula is C9H13NO2. The van der Waals surface area contributed by atoms with Crippen molar-refractivity contribution in [3.63, 3.8) is 0 Å². The summed E-state index contributed by atoms with van der Waals surface area (Å²) in [5.74, 6) is -0.480. The van der Waals surface area contributed by atoms with Crippen LogP contribution >= 0.6 is 0 Å². The van der Waals surface area contributed by atoms with Crippen LogP contribution in [0.5, 0.6) is 0 Å². The van der Waals surface area contributed by atoms with Gasteiger partial charge in [0, 0.05) is 18.5 Å². The zero-order valence-corrected chi connectivity index (χ0v) is 7.25. The van der Waals surface area contributed by atoms with Crippen molar-refractivity contribution in [2.75, 3.05) is 6.54 Å². The molecule has 3 nitrogen and oxygen atoms in total. The number of hydrogen-bond donors (Lipinski definition) is 0. The van der Waals surface area contributed by atoms with Gasteiger partial charge >= 0.3 is 0 Å². The molecule has 12 heavy (non-hydrogen) atoms. The van der Waals surface area contributed by atoms with Crippen LogP contribution in [-0.2, 0) is 9.59 Å². The molecule has 66 valence electrons. The van der Waals surface area contributed by atoms with Gasteiger partial charge in [-0.3, -0.25) is 9.59 Å². The second-order valence-electron chi connectivity index (χ2n) is 3.71. The molecule has 2 aliphatic rings. The Hall–Kier alpha value is -0.860. The first-order valence-electron chi connectivity index (χ1n) is 4.56. The Bertz CT molecular complexity index is 237. The lowest BCUT2D eigenvalue weighted by Gasteiger charge is -2.30. The Labute approximate surface area is 71.7 Å². The van der Waals surface area contributed by atoms with Crippen molar-refractivity contribution >= 4 is 11.7 Å². The number of carbonyl (C=O) groups is 2. The van der Waals surface area contributed by atoms with E-state index in [1.54, 1.807) is 4.90 Å². The molecule has 0 aromatic rings. The third-order valence-corrected chi connectivity index (χ3v) is 3.01. The highest BCUT2D eigenvalue weighted by molar-refractivity contribution is 6.39. The first-order chi connectivity index (χ1) is 5.72. The predicted octanol–water partition coefficient (Wildman–Crippen LogP) is 0.586. The Morgan fingerprint density at radius 1 is 1.33 bits per heavy atom. The summed E-state index contributed by atoms with van der Waals surface area (Å²) in [4.78, 5) is 24.4. The van der Waals surface area contributed by atoms with Gasteiger partial charge in [0.2, 0.25) is 5.78 Å². The molecule has 0 aromatic heterocycles. The van der Waals surface area contributed by atoms with E-state index in [1.807, 2.05) is 6.92 Å². The number of Topliss-reactive ketones (excluding diaryl/α,β-unsaturated/α-hetero) is 1. The van der Waals surface area contributed by atoms with Crippen molar-refractivity contribution in [2.24, 2.45) is 5.92 Å². The van der Waals surface area contributed by atoms with Crippen molar-refractivity contribution in [3.8, 4) is 0 Å². The first kappa shape index (κ1) is 7.77. The molecule has 0 aliphatic carbocycles. The monoisotopic (exact) mass is 167 g/mol. The number of ketones is 1. The maximum Gasteiger partial charge on any atom is 0.290 e. The molecule has 0 spiro atoms. The number of rotatable bonds is 0. The average molecular weight is 167 g/mol. The summed E-state index contributed by atoms with van der Waals surface area (Å²) in [6.07, 6.45) is 3.23. The molecule has 2 saturated heterocycles. The molecule has 0 saturated carbocycles. The Morgan fingerprint density at radius 3 is 2.75 bits per heavy atom. The summed E-state index contributed by atoms with van der Waals surface area (Å²) in [6.45, 7) is 2.66. The summed E-state index contributed by atoms with van der Waals surface area (Å²) < 4.78 is 0. The molecule has 0 radical (unpaired) electrons. The van der Waals surface area contributed by atoms with Gasteiger partial charge in [0.05, 0.1) is 0 Å². The highest BCUT2D eigenvalue weighted by atomic mass is 16.2. The van der Waals surface area contributed by atoms with Crippen molar-refractivity contribution < 1.29 is 9.59 Å². The third-order valence-electron chi connectivity index (χ3n) is 3.01. The first-order valence-corrected chi connectivity index (χ1v) is 4.56. The third kappa shape index (κ3) is 0.886. The predicted molar refractivity (Wildman–Crippen MR) is 43.5 cm³/mol. The maximum absolute atomic E-state index is 11.3. The molecule has 2 unspecified atom stereocenters. The second kappa shape index (κ2) is 2.57. The van der Waals surface area contributed by atoms with Gasteiger partial charge in [-0.25, -0.2) is 0 Å². The standard InChI is InChI=1S/C9H13NO2/c1-6-7-4-2-3-5-10(7)9(12)8(6)11/h6-7H,2-5H2,1H3. The van der Waals surface area contributed by atoms with E-state index in [2.05, 4.69) is 0 Å². The topological polar surface area (TPSA) is 37.4 Å². The molecule has 3 heteroatoms. The minimum atomic E-state index is -0.243. The van der Waals surface area contributed by atoms with E-state index >= 15 is 0 Å². The fraction of sp³-hybridized carbons (Fsp3) is 0.778. The molecule has 0 aromatic carbocycles. The summed E-state index contributed by atoms with van der Waals surface area (Å²) in [7, 11) is 0. The van der Waals surface area contributed by atoms with Crippen LogP contribution in [0.4, 0.5) is 0 Å². The van der Waals surface area contributed by atoms with E-state index in [1.165, 1.54) is 0 Å². The summed E-state index contributed by atoms with van der Waals surface area (Å²) in [6, 6.07) is 0.221. The van der Waals surface area contributed by atoms with Gasteiger partial charge in [0.15, 0.2) is 0 Å². The van der Waals surface area contributed by atoms with Gasteiger partial charge in [0.25, 0.3) is 5.91 Å². The lowest BCUT2D eigenvalue weighted by Crippen LogP contribution is -2.38. The fourth-order valence-corrected chi connectivity index (χ4v) is 2.24. The van der Waals surface area contributed by atoms with Gasteiger partial charge in [-0.15, -0.1) is 0 Å². The van der Waals surface area contributed by atoms with Crippen LogP contribution in [0.15, 0.2) is 0 Å². The van der Waals surface area contributed by atoms with E-state index < -0.39 is 0 Å². The molecule has 2 fully saturated rings. The fourth-order valence-electron chi connectivity index (χ4n) is 2.24. The zero-order chi connectivity index (χ0) is 8.72. The molecule has 0 bridgehead atoms. The molecule has 0 N–H and O–H groups in total. The molecule has 2 atom stereocenters. The van der Waals surface area contributed by atoms with E-state index in [9.17, 15) is 9.59 Å². The molecular weight excluding hydrogens is 154 g/mol. The van der Waals surface area contributed by atoms with Crippen molar-refractivity contribution in [1.29, 1.82) is 0 Å². The zero-order valence-electron chi connectivity index (χ0n) is 7.25. The number of fused-ring (bicyclic) bond motifs is 1. The maximum atomic E-state index is 11.3. The van der Waals surface area contributed by atoms with Gasteiger partial charge in [-0.05, 0) is 19.3 Å². The van der Waals surface area contributed by atoms with Crippen molar-refractivity contribution in [3.05, 3.63) is 0 Å². The summed E-state index contributed by atoms with van der Waals surface area (Å²) in [5.41, 5.74) is 0. The van der Waals surface area contributed by atoms with E-state index in [-0.39, 0.29) is 23.7 Å². The van der Waals surface area contributed by atoms with Crippen LogP contribution in [0.25, 0.3) is 0 Å². The smallest absolute Gasteiger partial charge is 0.290 e. The van der Waals surface area contributed by atoms with Crippen LogP contribution in [0.3, 0.4) is 0 Å². The lowest BCUT2D eigenvalue weighted by atomic mass is 9.94. The number of hydrogen-bond acceptors (Lipinski definition) is 2. The van der Waals surface area contributed by atoms with Gasteiger partial charge in [0.1, 0.15) is 0 Å². The van der Waals surface area contributed by atoms with Crippen LogP contribution in [0.1, 0.15) is 26.2 Å².